The molecule has 0 bridgehead atoms. The van der Waals surface area contributed by atoms with Crippen LogP contribution >= 0.6 is 0 Å². The van der Waals surface area contributed by atoms with E-state index in [1.165, 1.54) is 6.92 Å². The van der Waals surface area contributed by atoms with Crippen molar-refractivity contribution in [3.8, 4) is 11.5 Å². The van der Waals surface area contributed by atoms with Gasteiger partial charge in [0.15, 0.2) is 11.5 Å². The molecule has 1 aliphatic rings. The van der Waals surface area contributed by atoms with Gasteiger partial charge in [0.2, 0.25) is 0 Å². The van der Waals surface area contributed by atoms with Gasteiger partial charge in [-0.25, -0.2) is 0 Å². The molecule has 0 saturated heterocycles. The number of esters is 1. The zero-order chi connectivity index (χ0) is 16.2. The van der Waals surface area contributed by atoms with E-state index in [2.05, 4.69) is 0 Å². The molecule has 2 rings (SSSR count). The molecule has 1 saturated carbocycles. The Morgan fingerprint density at radius 3 is 2.41 bits per heavy atom. The summed E-state index contributed by atoms with van der Waals surface area (Å²) in [6.45, 7) is 1.74. The Bertz CT molecular complexity index is 518. The van der Waals surface area contributed by atoms with Crippen molar-refractivity contribution in [2.45, 2.75) is 44.1 Å². The van der Waals surface area contributed by atoms with Crippen LogP contribution < -0.4 is 9.47 Å². The zero-order valence-electron chi connectivity index (χ0n) is 13.4. The summed E-state index contributed by atoms with van der Waals surface area (Å²) in [4.78, 5) is 11.2. The van der Waals surface area contributed by atoms with Crippen LogP contribution in [-0.2, 0) is 14.9 Å². The number of hydrogen-bond donors (Lipinski definition) is 1. The second kappa shape index (κ2) is 7.01. The molecule has 1 aliphatic carbocycles. The lowest BCUT2D eigenvalue weighted by atomic mass is 9.69. The predicted molar refractivity (Wildman–Crippen MR) is 82.3 cm³/mol. The molecule has 1 fully saturated rings. The summed E-state index contributed by atoms with van der Waals surface area (Å²) in [5.41, 5.74) is 0.781. The van der Waals surface area contributed by atoms with Crippen molar-refractivity contribution in [3.05, 3.63) is 23.8 Å². The first kappa shape index (κ1) is 16.6. The molecule has 0 spiro atoms. The van der Waals surface area contributed by atoms with E-state index in [-0.39, 0.29) is 17.5 Å². The van der Waals surface area contributed by atoms with E-state index in [1.54, 1.807) is 14.2 Å². The van der Waals surface area contributed by atoms with Crippen LogP contribution in [0.5, 0.6) is 11.5 Å². The van der Waals surface area contributed by atoms with Gasteiger partial charge in [0.1, 0.15) is 6.61 Å². The van der Waals surface area contributed by atoms with Crippen molar-refractivity contribution in [2.75, 3.05) is 20.8 Å². The quantitative estimate of drug-likeness (QED) is 0.846. The average molecular weight is 308 g/mol. The van der Waals surface area contributed by atoms with Gasteiger partial charge in [0.05, 0.1) is 20.3 Å². The second-order valence-corrected chi connectivity index (χ2v) is 5.86. The van der Waals surface area contributed by atoms with Crippen LogP contribution in [0.3, 0.4) is 0 Å². The van der Waals surface area contributed by atoms with Crippen LogP contribution in [0.4, 0.5) is 0 Å². The number of carbonyl (C=O) groups excluding carboxylic acids is 1. The number of hydrogen-bond acceptors (Lipinski definition) is 5. The SMILES string of the molecule is COc1ccc([C@]2(COC(C)=O)CC[C@H](O)CC2)cc1OC. The van der Waals surface area contributed by atoms with Crippen LogP contribution in [0, 0.1) is 0 Å². The molecule has 22 heavy (non-hydrogen) atoms. The van der Waals surface area contributed by atoms with Crippen LogP contribution in [0.15, 0.2) is 18.2 Å². The first-order valence-electron chi connectivity index (χ1n) is 7.55. The standard InChI is InChI=1S/C17H24O5/c1-12(18)22-11-17(8-6-14(19)7-9-17)13-4-5-15(20-2)16(10-13)21-3/h4-5,10,14,19H,6-9,11H2,1-3H3/t14-,17+. The molecular formula is C17H24O5. The topological polar surface area (TPSA) is 65.0 Å². The Hall–Kier alpha value is -1.75. The van der Waals surface area contributed by atoms with Gasteiger partial charge in [0, 0.05) is 12.3 Å². The highest BCUT2D eigenvalue weighted by Gasteiger charge is 2.38. The Morgan fingerprint density at radius 2 is 1.86 bits per heavy atom. The smallest absolute Gasteiger partial charge is 0.302 e. The third-order valence-electron chi connectivity index (χ3n) is 4.46. The highest BCUT2D eigenvalue weighted by atomic mass is 16.5. The number of aliphatic hydroxyl groups is 1. The number of carbonyl (C=O) groups is 1. The van der Waals surface area contributed by atoms with E-state index in [0.717, 1.165) is 18.4 Å². The highest BCUT2D eigenvalue weighted by molar-refractivity contribution is 5.66. The fourth-order valence-electron chi connectivity index (χ4n) is 3.08. The normalized spacial score (nSPS) is 24.6. The summed E-state index contributed by atoms with van der Waals surface area (Å²) >= 11 is 0. The van der Waals surface area contributed by atoms with Gasteiger partial charge in [-0.05, 0) is 43.4 Å². The molecule has 5 nitrogen and oxygen atoms in total. The molecule has 1 N–H and O–H groups in total. The highest BCUT2D eigenvalue weighted by Crippen LogP contribution is 2.42. The third-order valence-corrected chi connectivity index (χ3v) is 4.46. The minimum atomic E-state index is -0.286. The van der Waals surface area contributed by atoms with Crippen molar-refractivity contribution in [1.29, 1.82) is 0 Å². The monoisotopic (exact) mass is 308 g/mol. The third kappa shape index (κ3) is 3.53. The molecule has 1 aromatic rings. The molecular weight excluding hydrogens is 284 g/mol. The molecule has 0 aromatic heterocycles. The van der Waals surface area contributed by atoms with Gasteiger partial charge in [-0.1, -0.05) is 6.07 Å². The Morgan fingerprint density at radius 1 is 1.23 bits per heavy atom. The molecule has 0 heterocycles. The van der Waals surface area contributed by atoms with Gasteiger partial charge in [-0.2, -0.15) is 0 Å². The molecule has 0 atom stereocenters. The first-order valence-corrected chi connectivity index (χ1v) is 7.55. The Kier molecular flexibility index (Phi) is 5.29. The van der Waals surface area contributed by atoms with Crippen LogP contribution in [-0.4, -0.2) is 38.0 Å². The molecule has 5 heteroatoms. The fourth-order valence-corrected chi connectivity index (χ4v) is 3.08. The van der Waals surface area contributed by atoms with E-state index in [1.807, 2.05) is 18.2 Å². The summed E-state index contributed by atoms with van der Waals surface area (Å²) in [6.07, 6.45) is 2.68. The first-order chi connectivity index (χ1) is 10.5. The van der Waals surface area contributed by atoms with Crippen LogP contribution in [0.25, 0.3) is 0 Å². The van der Waals surface area contributed by atoms with Gasteiger partial charge in [-0.3, -0.25) is 4.79 Å². The molecule has 1 aromatic carbocycles. The van der Waals surface area contributed by atoms with Gasteiger partial charge >= 0.3 is 5.97 Å². The lowest BCUT2D eigenvalue weighted by Crippen LogP contribution is -2.38. The average Bonchev–Trinajstić information content (AvgIpc) is 2.54. The Labute approximate surface area is 131 Å². The van der Waals surface area contributed by atoms with Crippen molar-refractivity contribution >= 4 is 5.97 Å². The van der Waals surface area contributed by atoms with Crippen molar-refractivity contribution in [3.63, 3.8) is 0 Å². The van der Waals surface area contributed by atoms with E-state index >= 15 is 0 Å². The number of ether oxygens (including phenoxy) is 3. The van der Waals surface area contributed by atoms with Crippen molar-refractivity contribution in [1.82, 2.24) is 0 Å². The number of methoxy groups -OCH3 is 2. The van der Waals surface area contributed by atoms with Gasteiger partial charge < -0.3 is 19.3 Å². The van der Waals surface area contributed by atoms with E-state index < -0.39 is 0 Å². The summed E-state index contributed by atoms with van der Waals surface area (Å²) < 4.78 is 16.0. The lowest BCUT2D eigenvalue weighted by Gasteiger charge is -2.39. The number of rotatable bonds is 5. The van der Waals surface area contributed by atoms with Crippen molar-refractivity contribution < 1.29 is 24.1 Å². The van der Waals surface area contributed by atoms with Crippen LogP contribution in [0.2, 0.25) is 0 Å². The molecule has 0 amide bonds. The minimum absolute atomic E-state index is 0.273. The molecule has 122 valence electrons. The van der Waals surface area contributed by atoms with Gasteiger partial charge in [-0.15, -0.1) is 0 Å². The Balaban J connectivity index is 2.33. The number of benzene rings is 1. The lowest BCUT2D eigenvalue weighted by molar-refractivity contribution is -0.143. The van der Waals surface area contributed by atoms with Crippen LogP contribution in [0.1, 0.15) is 38.2 Å². The van der Waals surface area contributed by atoms with E-state index in [4.69, 9.17) is 14.2 Å². The summed E-state index contributed by atoms with van der Waals surface area (Å²) in [5.74, 6) is 1.05. The molecule has 0 aliphatic heterocycles. The molecule has 0 radical (unpaired) electrons. The van der Waals surface area contributed by atoms with Gasteiger partial charge in [0.25, 0.3) is 0 Å². The second-order valence-electron chi connectivity index (χ2n) is 5.86. The zero-order valence-corrected chi connectivity index (χ0v) is 13.4. The maximum atomic E-state index is 11.2. The van der Waals surface area contributed by atoms with E-state index in [9.17, 15) is 9.90 Å². The molecule has 0 unspecified atom stereocenters. The summed E-state index contributed by atoms with van der Waals surface area (Å²) in [5, 5.41) is 9.80. The maximum absolute atomic E-state index is 11.2. The fraction of sp³-hybridized carbons (Fsp3) is 0.588. The largest absolute Gasteiger partial charge is 0.493 e. The summed E-state index contributed by atoms with van der Waals surface area (Å²) in [6, 6.07) is 5.80. The van der Waals surface area contributed by atoms with E-state index in [0.29, 0.717) is 30.9 Å². The summed E-state index contributed by atoms with van der Waals surface area (Å²) in [7, 11) is 3.20. The maximum Gasteiger partial charge on any atom is 0.302 e. The number of aliphatic hydroxyl groups excluding tert-OH is 1. The van der Waals surface area contributed by atoms with Crippen molar-refractivity contribution in [2.24, 2.45) is 0 Å². The minimum Gasteiger partial charge on any atom is -0.493 e. The predicted octanol–water partition coefficient (Wildman–Crippen LogP) is 2.44.